The van der Waals surface area contributed by atoms with E-state index >= 15 is 0 Å². The molecule has 0 unspecified atom stereocenters. The van der Waals surface area contributed by atoms with E-state index in [0.29, 0.717) is 0 Å². The van der Waals surface area contributed by atoms with Gasteiger partial charge in [0.15, 0.2) is 0 Å². The van der Waals surface area contributed by atoms with Gasteiger partial charge in [-0.3, -0.25) is 0 Å². The van der Waals surface area contributed by atoms with Gasteiger partial charge in [0.2, 0.25) is 0 Å². The van der Waals surface area contributed by atoms with Crippen molar-refractivity contribution < 1.29 is 63.3 Å². The van der Waals surface area contributed by atoms with Crippen LogP contribution in [0.25, 0.3) is 0 Å². The van der Waals surface area contributed by atoms with Gasteiger partial charge < -0.3 is 14.7 Å². The van der Waals surface area contributed by atoms with Crippen molar-refractivity contribution in [2.45, 2.75) is 0 Å². The fourth-order valence-electron chi connectivity index (χ4n) is 0. The summed E-state index contributed by atoms with van der Waals surface area (Å²) in [5.41, 5.74) is 0. The summed E-state index contributed by atoms with van der Waals surface area (Å²) in [5, 5.41) is 0. The molecule has 8 heavy (non-hydrogen) atoms. The van der Waals surface area contributed by atoms with Crippen LogP contribution in [-0.4, -0.2) is 33.5 Å². The van der Waals surface area contributed by atoms with E-state index in [4.69, 9.17) is 19.2 Å². The normalized spacial score (nSPS) is 7.38. The van der Waals surface area contributed by atoms with Crippen molar-refractivity contribution in [3.63, 3.8) is 0 Å². The number of hydrogen-bond donors (Lipinski definition) is 3. The molecule has 0 fully saturated rings. The van der Waals surface area contributed by atoms with E-state index in [2.05, 4.69) is 0 Å². The third-order valence-electron chi connectivity index (χ3n) is 0. The monoisotopic (exact) mass is 247 g/mol. The molecule has 0 saturated heterocycles. The quantitative estimate of drug-likeness (QED) is 0.356. The first-order chi connectivity index (χ1) is 2.00. The second kappa shape index (κ2) is 9.16. The van der Waals surface area contributed by atoms with Gasteiger partial charge in [-0.2, -0.15) is 0 Å². The van der Waals surface area contributed by atoms with Crippen molar-refractivity contribution in [2.75, 3.05) is 0 Å². The molecule has 3 N–H and O–H groups in total. The SMILES string of the molecule is O=P(O)(O)O.[LiH].[Nb].[Ti]. The van der Waals surface area contributed by atoms with Gasteiger partial charge in [-0.25, -0.2) is 4.57 Å². The first-order valence-corrected chi connectivity index (χ1v) is 2.35. The van der Waals surface area contributed by atoms with Crippen LogP contribution < -0.4 is 0 Å². The van der Waals surface area contributed by atoms with Crippen LogP contribution in [0.4, 0.5) is 0 Å². The molecule has 0 rings (SSSR count). The molecule has 0 aromatic carbocycles. The third-order valence-corrected chi connectivity index (χ3v) is 0. The van der Waals surface area contributed by atoms with Gasteiger partial charge in [0.1, 0.15) is 0 Å². The molecule has 1 radical (unpaired) electrons. The second-order valence-electron chi connectivity index (χ2n) is 0.513. The molecule has 0 spiro atoms. The molecule has 0 aliphatic rings. The third kappa shape index (κ3) is 89.6. The molecule has 0 bridgehead atoms. The predicted octanol–water partition coefficient (Wildman–Crippen LogP) is -1.58. The van der Waals surface area contributed by atoms with Crippen LogP contribution in [0.3, 0.4) is 0 Å². The maximum atomic E-state index is 8.88. The Bertz CT molecular complexity index is 62.2. The van der Waals surface area contributed by atoms with E-state index in [-0.39, 0.29) is 63.0 Å². The Morgan fingerprint density at radius 1 is 1.12 bits per heavy atom. The van der Waals surface area contributed by atoms with Crippen molar-refractivity contribution in [2.24, 2.45) is 0 Å². The van der Waals surface area contributed by atoms with Gasteiger partial charge in [-0.15, -0.1) is 0 Å². The second-order valence-corrected chi connectivity index (χ2v) is 1.54. The minimum atomic E-state index is -4.64. The van der Waals surface area contributed by atoms with Crippen LogP contribution in [-0.2, 0) is 48.7 Å². The number of hydrogen-bond acceptors (Lipinski definition) is 1. The van der Waals surface area contributed by atoms with Crippen molar-refractivity contribution in [3.8, 4) is 0 Å². The maximum Gasteiger partial charge on any atom is 0 e. The van der Waals surface area contributed by atoms with Crippen LogP contribution in [0.15, 0.2) is 0 Å². The molecule has 0 aliphatic carbocycles. The largest absolute Gasteiger partial charge is 0 e. The van der Waals surface area contributed by atoms with Crippen LogP contribution in [0, 0.1) is 0 Å². The van der Waals surface area contributed by atoms with E-state index in [9.17, 15) is 0 Å². The molecular weight excluding hydrogens is 243 g/mol. The average molecular weight is 247 g/mol. The topological polar surface area (TPSA) is 77.8 Å². The summed E-state index contributed by atoms with van der Waals surface area (Å²) in [4.78, 5) is 21.6. The molecule has 0 atom stereocenters. The minimum absolute atomic E-state index is 0. The molecule has 4 nitrogen and oxygen atoms in total. The predicted molar refractivity (Wildman–Crippen MR) is 21.4 cm³/mol. The van der Waals surface area contributed by atoms with Crippen molar-refractivity contribution in [1.82, 2.24) is 0 Å². The van der Waals surface area contributed by atoms with Gasteiger partial charge in [-0.1, -0.05) is 0 Å². The minimum Gasteiger partial charge on any atom is 0 e. The summed E-state index contributed by atoms with van der Waals surface area (Å²) in [5.74, 6) is 0. The van der Waals surface area contributed by atoms with Crippen molar-refractivity contribution >= 4 is 26.7 Å². The average Bonchev–Trinajstić information content (AvgIpc) is 0.722. The zero-order valence-electron chi connectivity index (χ0n) is 3.14. The van der Waals surface area contributed by atoms with Crippen LogP contribution in [0.2, 0.25) is 0 Å². The Kier molecular flexibility index (Phi) is 25.7. The van der Waals surface area contributed by atoms with Gasteiger partial charge >= 0.3 is 26.7 Å². The summed E-state index contributed by atoms with van der Waals surface area (Å²) in [6.07, 6.45) is 0. The number of rotatable bonds is 0. The first kappa shape index (κ1) is 22.5. The number of phosphoric acid groups is 1. The van der Waals surface area contributed by atoms with E-state index in [0.717, 1.165) is 0 Å². The van der Waals surface area contributed by atoms with E-state index in [1.807, 2.05) is 0 Å². The zero-order chi connectivity index (χ0) is 4.50. The fourth-order valence-corrected chi connectivity index (χ4v) is 0. The van der Waals surface area contributed by atoms with Gasteiger partial charge in [0.25, 0.3) is 0 Å². The smallest absolute Gasteiger partial charge is 0 e. The van der Waals surface area contributed by atoms with Gasteiger partial charge in [0.05, 0.1) is 0 Å². The molecular formula is H4LiNbO4PTi. The summed E-state index contributed by atoms with van der Waals surface area (Å²) in [6, 6.07) is 0. The molecule has 43 valence electrons. The van der Waals surface area contributed by atoms with Crippen molar-refractivity contribution in [3.05, 3.63) is 0 Å². The summed E-state index contributed by atoms with van der Waals surface area (Å²) >= 11 is 0. The molecule has 0 aliphatic heterocycles. The summed E-state index contributed by atoms with van der Waals surface area (Å²) < 4.78 is 8.88. The van der Waals surface area contributed by atoms with E-state index < -0.39 is 7.82 Å². The Labute approximate surface area is 89.2 Å². The summed E-state index contributed by atoms with van der Waals surface area (Å²) in [6.45, 7) is 0. The zero-order valence-corrected chi connectivity index (χ0v) is 7.80. The molecule has 0 aromatic rings. The molecule has 8 heteroatoms. The molecule has 0 heterocycles. The standard InChI is InChI=1S/Li.Nb.H3O4P.Ti.H/c;;1-5(2,3)4;;/h;;(H3,1,2,3,4);;. The molecule has 0 saturated carbocycles. The fraction of sp³-hybridized carbons (Fsp3) is 0. The Balaban J connectivity index is -0.0000000267. The van der Waals surface area contributed by atoms with Crippen molar-refractivity contribution in [1.29, 1.82) is 0 Å². The van der Waals surface area contributed by atoms with Crippen LogP contribution >= 0.6 is 7.82 Å². The Morgan fingerprint density at radius 2 is 1.12 bits per heavy atom. The van der Waals surface area contributed by atoms with E-state index in [1.165, 1.54) is 0 Å². The van der Waals surface area contributed by atoms with Gasteiger partial charge in [0, 0.05) is 44.1 Å². The molecule has 0 aromatic heterocycles. The van der Waals surface area contributed by atoms with Crippen LogP contribution in [0.5, 0.6) is 0 Å². The van der Waals surface area contributed by atoms with Gasteiger partial charge in [-0.05, 0) is 0 Å². The summed E-state index contributed by atoms with van der Waals surface area (Å²) in [7, 11) is -4.64. The van der Waals surface area contributed by atoms with Crippen LogP contribution in [0.1, 0.15) is 0 Å². The van der Waals surface area contributed by atoms with E-state index in [1.54, 1.807) is 0 Å². The molecule has 0 amide bonds. The Hall–Kier alpha value is 2.16. The maximum absolute atomic E-state index is 8.88. The first-order valence-electron chi connectivity index (χ1n) is 0.783. The Morgan fingerprint density at radius 3 is 1.12 bits per heavy atom.